The van der Waals surface area contributed by atoms with E-state index in [0.717, 1.165) is 36.3 Å². The molecule has 24 heavy (non-hydrogen) atoms. The number of rotatable bonds is 6. The molecule has 0 saturated carbocycles. The van der Waals surface area contributed by atoms with E-state index in [-0.39, 0.29) is 11.6 Å². The highest BCUT2D eigenvalue weighted by molar-refractivity contribution is 6.06. The zero-order valence-corrected chi connectivity index (χ0v) is 13.8. The minimum atomic E-state index is -0.311. The number of pyridine rings is 1. The van der Waals surface area contributed by atoms with Crippen LogP contribution in [0.1, 0.15) is 37.0 Å². The van der Waals surface area contributed by atoms with Gasteiger partial charge in [-0.15, -0.1) is 0 Å². The van der Waals surface area contributed by atoms with Crippen LogP contribution in [0, 0.1) is 5.82 Å². The van der Waals surface area contributed by atoms with Crippen molar-refractivity contribution in [2.24, 2.45) is 0 Å². The van der Waals surface area contributed by atoms with Crippen LogP contribution >= 0.6 is 0 Å². The van der Waals surface area contributed by atoms with Crippen molar-refractivity contribution >= 4 is 17.1 Å². The Hall–Kier alpha value is -2.69. The van der Waals surface area contributed by atoms with Gasteiger partial charge in [-0.1, -0.05) is 19.4 Å². The molecule has 0 spiro atoms. The number of nitrogens with zero attached hydrogens (tertiary/aromatic N) is 2. The lowest BCUT2D eigenvalue weighted by atomic mass is 10.0. The van der Waals surface area contributed by atoms with E-state index in [2.05, 4.69) is 17.3 Å². The topological polar surface area (TPSA) is 46.4 Å². The van der Waals surface area contributed by atoms with E-state index in [0.29, 0.717) is 11.3 Å². The Morgan fingerprint density at radius 3 is 2.62 bits per heavy atom. The molecular weight excluding hydrogens is 305 g/mol. The van der Waals surface area contributed by atoms with E-state index in [4.69, 9.17) is 0 Å². The molecule has 5 heteroatoms. The van der Waals surface area contributed by atoms with Gasteiger partial charge in [0.2, 0.25) is 0 Å². The number of unbranched alkanes of at least 4 members (excludes halogenated alkanes) is 1. The number of aromatic nitrogens is 2. The predicted octanol–water partition coefficient (Wildman–Crippen LogP) is 4.56. The maximum atomic E-state index is 13.2. The van der Waals surface area contributed by atoms with Gasteiger partial charge in [0, 0.05) is 12.1 Å². The first kappa shape index (κ1) is 16.2. The lowest BCUT2D eigenvalue weighted by molar-refractivity contribution is 0.102. The second-order valence-electron chi connectivity index (χ2n) is 5.78. The molecule has 2 aromatic heterocycles. The lowest BCUT2D eigenvalue weighted by Gasteiger charge is -2.07. The molecule has 0 radical (unpaired) electrons. The van der Waals surface area contributed by atoms with Gasteiger partial charge in [-0.05, 0) is 49.7 Å². The van der Waals surface area contributed by atoms with E-state index in [9.17, 15) is 9.18 Å². The Bertz CT molecular complexity index is 868. The van der Waals surface area contributed by atoms with Gasteiger partial charge < -0.3 is 5.32 Å². The average Bonchev–Trinajstić information content (AvgIpc) is 2.96. The smallest absolute Gasteiger partial charge is 0.164 e. The van der Waals surface area contributed by atoms with E-state index in [1.165, 1.54) is 19.1 Å². The third kappa shape index (κ3) is 3.02. The summed E-state index contributed by atoms with van der Waals surface area (Å²) in [7, 11) is 0. The number of hydrogen-bond donors (Lipinski definition) is 1. The molecule has 0 atom stereocenters. The SMILES string of the molecule is CCCCNc1cccc2c(C(C)=O)c(-c3ccc(F)cc3)nn12. The van der Waals surface area contributed by atoms with Crippen LogP contribution in [0.25, 0.3) is 16.8 Å². The predicted molar refractivity (Wildman–Crippen MR) is 94.0 cm³/mol. The summed E-state index contributed by atoms with van der Waals surface area (Å²) in [6.07, 6.45) is 2.16. The number of nitrogens with one attached hydrogen (secondary N) is 1. The molecule has 1 aromatic carbocycles. The van der Waals surface area contributed by atoms with Crippen molar-refractivity contribution in [2.75, 3.05) is 11.9 Å². The fourth-order valence-corrected chi connectivity index (χ4v) is 2.75. The molecule has 0 bridgehead atoms. The zero-order chi connectivity index (χ0) is 17.1. The van der Waals surface area contributed by atoms with Gasteiger partial charge in [0.15, 0.2) is 5.78 Å². The molecule has 3 aromatic rings. The van der Waals surface area contributed by atoms with E-state index in [1.54, 1.807) is 16.6 Å². The molecule has 0 unspecified atom stereocenters. The molecule has 1 N–H and O–H groups in total. The van der Waals surface area contributed by atoms with Crippen LogP contribution in [-0.4, -0.2) is 21.9 Å². The highest BCUT2D eigenvalue weighted by atomic mass is 19.1. The second kappa shape index (κ2) is 6.83. The number of ketones is 1. The summed E-state index contributed by atoms with van der Waals surface area (Å²) >= 11 is 0. The van der Waals surface area contributed by atoms with Crippen LogP contribution in [-0.2, 0) is 0 Å². The minimum Gasteiger partial charge on any atom is -0.370 e. The normalized spacial score (nSPS) is 11.0. The quantitative estimate of drug-likeness (QED) is 0.534. The van der Waals surface area contributed by atoms with Gasteiger partial charge in [0.1, 0.15) is 17.3 Å². The van der Waals surface area contributed by atoms with Gasteiger partial charge in [-0.3, -0.25) is 4.79 Å². The maximum Gasteiger partial charge on any atom is 0.164 e. The third-order valence-corrected chi connectivity index (χ3v) is 3.96. The third-order valence-electron chi connectivity index (χ3n) is 3.96. The number of benzene rings is 1. The summed E-state index contributed by atoms with van der Waals surface area (Å²) < 4.78 is 15.0. The first-order chi connectivity index (χ1) is 11.6. The maximum absolute atomic E-state index is 13.2. The van der Waals surface area contributed by atoms with Crippen molar-refractivity contribution in [2.45, 2.75) is 26.7 Å². The number of carbonyl (C=O) groups excluding carboxylic acids is 1. The van der Waals surface area contributed by atoms with Gasteiger partial charge >= 0.3 is 0 Å². The molecule has 3 rings (SSSR count). The first-order valence-corrected chi connectivity index (χ1v) is 8.14. The Morgan fingerprint density at radius 2 is 1.96 bits per heavy atom. The summed E-state index contributed by atoms with van der Waals surface area (Å²) in [5, 5.41) is 7.98. The van der Waals surface area contributed by atoms with Crippen molar-refractivity contribution in [1.82, 2.24) is 9.61 Å². The molecule has 0 aliphatic carbocycles. The fourth-order valence-electron chi connectivity index (χ4n) is 2.75. The minimum absolute atomic E-state index is 0.0602. The number of carbonyl (C=O) groups is 1. The summed E-state index contributed by atoms with van der Waals surface area (Å²) in [6, 6.07) is 11.8. The first-order valence-electron chi connectivity index (χ1n) is 8.14. The van der Waals surface area contributed by atoms with Gasteiger partial charge in [0.05, 0.1) is 11.1 Å². The number of Topliss-reactive ketones (excluding diaryl/α,β-unsaturated/α-hetero) is 1. The molecule has 0 fully saturated rings. The van der Waals surface area contributed by atoms with E-state index < -0.39 is 0 Å². The van der Waals surface area contributed by atoms with Crippen molar-refractivity contribution in [3.8, 4) is 11.3 Å². The van der Waals surface area contributed by atoms with E-state index in [1.807, 2.05) is 18.2 Å². The Balaban J connectivity index is 2.15. The van der Waals surface area contributed by atoms with Gasteiger partial charge in [-0.25, -0.2) is 8.91 Å². The van der Waals surface area contributed by atoms with Crippen LogP contribution in [0.5, 0.6) is 0 Å². The zero-order valence-electron chi connectivity index (χ0n) is 13.8. The molecule has 2 heterocycles. The lowest BCUT2D eigenvalue weighted by Crippen LogP contribution is -2.06. The van der Waals surface area contributed by atoms with Crippen molar-refractivity contribution in [3.05, 3.63) is 53.8 Å². The van der Waals surface area contributed by atoms with Crippen LogP contribution in [0.4, 0.5) is 10.2 Å². The number of hydrogen-bond acceptors (Lipinski definition) is 3. The number of anilines is 1. The van der Waals surface area contributed by atoms with Crippen molar-refractivity contribution < 1.29 is 9.18 Å². The summed E-state index contributed by atoms with van der Waals surface area (Å²) in [4.78, 5) is 12.2. The van der Waals surface area contributed by atoms with Crippen molar-refractivity contribution in [3.63, 3.8) is 0 Å². The molecule has 0 saturated heterocycles. The Morgan fingerprint density at radius 1 is 1.21 bits per heavy atom. The van der Waals surface area contributed by atoms with Gasteiger partial charge in [-0.2, -0.15) is 5.10 Å². The van der Waals surface area contributed by atoms with Gasteiger partial charge in [0.25, 0.3) is 0 Å². The highest BCUT2D eigenvalue weighted by Gasteiger charge is 2.19. The van der Waals surface area contributed by atoms with Crippen LogP contribution in [0.15, 0.2) is 42.5 Å². The number of halogens is 1. The second-order valence-corrected chi connectivity index (χ2v) is 5.78. The number of fused-ring (bicyclic) bond motifs is 1. The molecular formula is C19H20FN3O. The highest BCUT2D eigenvalue weighted by Crippen LogP contribution is 2.28. The summed E-state index contributed by atoms with van der Waals surface area (Å²) in [5.41, 5.74) is 2.61. The average molecular weight is 325 g/mol. The van der Waals surface area contributed by atoms with Crippen LogP contribution < -0.4 is 5.32 Å². The molecule has 124 valence electrons. The standard InChI is InChI=1S/C19H20FN3O/c1-3-4-12-21-17-7-5-6-16-18(13(2)24)19(22-23(16)17)14-8-10-15(20)11-9-14/h5-11,21H,3-4,12H2,1-2H3. The summed E-state index contributed by atoms with van der Waals surface area (Å²) in [5.74, 6) is 0.473. The monoisotopic (exact) mass is 325 g/mol. The fraction of sp³-hybridized carbons (Fsp3) is 0.263. The Kier molecular flexibility index (Phi) is 4.60. The Labute approximate surface area is 140 Å². The summed E-state index contributed by atoms with van der Waals surface area (Å²) in [6.45, 7) is 4.51. The van der Waals surface area contributed by atoms with Crippen LogP contribution in [0.2, 0.25) is 0 Å². The largest absolute Gasteiger partial charge is 0.370 e. The molecule has 0 amide bonds. The van der Waals surface area contributed by atoms with Crippen molar-refractivity contribution in [1.29, 1.82) is 0 Å². The molecule has 0 aliphatic heterocycles. The molecule has 0 aliphatic rings. The molecule has 4 nitrogen and oxygen atoms in total. The van der Waals surface area contributed by atoms with E-state index >= 15 is 0 Å². The van der Waals surface area contributed by atoms with Crippen LogP contribution in [0.3, 0.4) is 0 Å².